The molecule has 1 atom stereocenters. The molecule has 0 radical (unpaired) electrons. The van der Waals surface area contributed by atoms with Gasteiger partial charge in [-0.2, -0.15) is 0 Å². The topological polar surface area (TPSA) is 43.3 Å². The minimum Gasteiger partial charge on any atom is -0.322 e. The molecular weight excluding hydrogens is 174 g/mol. The molecule has 0 fully saturated rings. The number of nitrogens with zero attached hydrogens (tertiary/aromatic N) is 2. The minimum absolute atomic E-state index is 0.0296. The van der Waals surface area contributed by atoms with Crippen LogP contribution in [-0.2, 0) is 0 Å². The van der Waals surface area contributed by atoms with Gasteiger partial charge in [-0.3, -0.25) is 0 Å². The zero-order valence-corrected chi connectivity index (χ0v) is 8.78. The lowest BCUT2D eigenvalue weighted by Crippen LogP contribution is -2.09. The van der Waals surface area contributed by atoms with Gasteiger partial charge >= 0.3 is 0 Å². The lowest BCUT2D eigenvalue weighted by molar-refractivity contribution is 0.733. The number of pyridine rings is 1. The van der Waals surface area contributed by atoms with E-state index in [-0.39, 0.29) is 6.04 Å². The van der Waals surface area contributed by atoms with Crippen LogP contribution in [0.15, 0.2) is 18.3 Å². The second-order valence-corrected chi connectivity index (χ2v) is 3.81. The predicted molar refractivity (Wildman–Crippen MR) is 57.3 cm³/mol. The van der Waals surface area contributed by atoms with Crippen LogP contribution in [0.2, 0.25) is 0 Å². The van der Waals surface area contributed by atoms with E-state index in [2.05, 4.69) is 34.6 Å². The number of aromatic nitrogens is 2. The maximum atomic E-state index is 5.86. The first-order valence-electron chi connectivity index (χ1n) is 4.80. The van der Waals surface area contributed by atoms with E-state index in [0.717, 1.165) is 17.0 Å². The molecule has 0 aliphatic rings. The first-order chi connectivity index (χ1) is 6.59. The summed E-state index contributed by atoms with van der Waals surface area (Å²) in [5.74, 6) is 0.932. The van der Waals surface area contributed by atoms with Gasteiger partial charge in [0.05, 0.1) is 17.3 Å². The van der Waals surface area contributed by atoms with Gasteiger partial charge < -0.3 is 10.1 Å². The lowest BCUT2D eigenvalue weighted by atomic mass is 10.2. The first-order valence-corrected chi connectivity index (χ1v) is 4.80. The highest BCUT2D eigenvalue weighted by atomic mass is 15.0. The molecule has 0 aliphatic heterocycles. The van der Waals surface area contributed by atoms with Gasteiger partial charge in [-0.1, -0.05) is 6.07 Å². The second-order valence-electron chi connectivity index (χ2n) is 3.81. The van der Waals surface area contributed by atoms with E-state index in [1.165, 1.54) is 5.56 Å². The molecule has 3 nitrogen and oxygen atoms in total. The Kier molecular flexibility index (Phi) is 2.04. The van der Waals surface area contributed by atoms with Crippen molar-refractivity contribution in [2.75, 3.05) is 0 Å². The van der Waals surface area contributed by atoms with Gasteiger partial charge in [0.1, 0.15) is 5.82 Å². The molecule has 2 heterocycles. The molecule has 0 bridgehead atoms. The minimum atomic E-state index is -0.0296. The fourth-order valence-electron chi connectivity index (χ4n) is 1.70. The summed E-state index contributed by atoms with van der Waals surface area (Å²) >= 11 is 0. The summed E-state index contributed by atoms with van der Waals surface area (Å²) in [6.45, 7) is 6.03. The highest BCUT2D eigenvalue weighted by Gasteiger charge is 2.10. The quantitative estimate of drug-likeness (QED) is 0.745. The molecule has 2 rings (SSSR count). The Morgan fingerprint density at radius 2 is 2.07 bits per heavy atom. The molecule has 0 aromatic carbocycles. The summed E-state index contributed by atoms with van der Waals surface area (Å²) in [4.78, 5) is 4.47. The fraction of sp³-hybridized carbons (Fsp3) is 0.364. The average molecular weight is 189 g/mol. The van der Waals surface area contributed by atoms with Crippen LogP contribution < -0.4 is 5.73 Å². The molecule has 0 spiro atoms. The van der Waals surface area contributed by atoms with Crippen molar-refractivity contribution >= 4 is 5.52 Å². The fourth-order valence-corrected chi connectivity index (χ4v) is 1.70. The van der Waals surface area contributed by atoms with E-state index in [4.69, 9.17) is 5.73 Å². The monoisotopic (exact) mass is 189 g/mol. The molecule has 1 unspecified atom stereocenters. The van der Waals surface area contributed by atoms with E-state index >= 15 is 0 Å². The zero-order chi connectivity index (χ0) is 10.3. The summed E-state index contributed by atoms with van der Waals surface area (Å²) in [7, 11) is 0. The summed E-state index contributed by atoms with van der Waals surface area (Å²) in [6, 6.07) is 4.15. The molecule has 0 aliphatic carbocycles. The molecule has 74 valence electrons. The van der Waals surface area contributed by atoms with Crippen molar-refractivity contribution < 1.29 is 0 Å². The Morgan fingerprint density at radius 1 is 1.36 bits per heavy atom. The van der Waals surface area contributed by atoms with E-state index in [0.29, 0.717) is 0 Å². The number of fused-ring (bicyclic) bond motifs is 1. The highest BCUT2D eigenvalue weighted by Crippen LogP contribution is 2.17. The summed E-state index contributed by atoms with van der Waals surface area (Å²) in [5.41, 5.74) is 9.26. The summed E-state index contributed by atoms with van der Waals surface area (Å²) < 4.78 is 2.08. The molecule has 0 amide bonds. The highest BCUT2D eigenvalue weighted by molar-refractivity contribution is 5.53. The van der Waals surface area contributed by atoms with Gasteiger partial charge in [0.2, 0.25) is 0 Å². The molecule has 2 aromatic rings. The van der Waals surface area contributed by atoms with E-state index in [1.807, 2.05) is 13.8 Å². The Bertz CT molecular complexity index is 469. The van der Waals surface area contributed by atoms with Crippen molar-refractivity contribution in [3.8, 4) is 0 Å². The standard InChI is InChI=1S/C11H15N3/c1-7-4-5-10-9(3)13-11(8(2)12)14(10)6-7/h4-6,8H,12H2,1-3H3. The van der Waals surface area contributed by atoms with Crippen LogP contribution in [-0.4, -0.2) is 9.38 Å². The number of nitrogens with two attached hydrogens (primary N) is 1. The van der Waals surface area contributed by atoms with E-state index in [1.54, 1.807) is 0 Å². The summed E-state index contributed by atoms with van der Waals surface area (Å²) in [5, 5.41) is 0. The normalized spacial score (nSPS) is 13.4. The van der Waals surface area contributed by atoms with Crippen molar-refractivity contribution in [1.29, 1.82) is 0 Å². The Hall–Kier alpha value is -1.35. The first kappa shape index (κ1) is 9.21. The number of aryl methyl sites for hydroxylation is 2. The van der Waals surface area contributed by atoms with Crippen LogP contribution in [0.25, 0.3) is 5.52 Å². The average Bonchev–Trinajstić information content (AvgIpc) is 2.43. The van der Waals surface area contributed by atoms with Gasteiger partial charge in [-0.15, -0.1) is 0 Å². The molecule has 0 saturated heterocycles. The molecule has 2 aromatic heterocycles. The lowest BCUT2D eigenvalue weighted by Gasteiger charge is -2.04. The van der Waals surface area contributed by atoms with Crippen LogP contribution in [0.4, 0.5) is 0 Å². The number of rotatable bonds is 1. The summed E-state index contributed by atoms with van der Waals surface area (Å²) in [6.07, 6.45) is 2.08. The Morgan fingerprint density at radius 3 is 2.71 bits per heavy atom. The van der Waals surface area contributed by atoms with Crippen LogP contribution in [0.1, 0.15) is 30.0 Å². The van der Waals surface area contributed by atoms with E-state index in [9.17, 15) is 0 Å². The third kappa shape index (κ3) is 1.30. The van der Waals surface area contributed by atoms with Crippen molar-refractivity contribution in [3.63, 3.8) is 0 Å². The molecule has 2 N–H and O–H groups in total. The van der Waals surface area contributed by atoms with Crippen molar-refractivity contribution in [1.82, 2.24) is 9.38 Å². The van der Waals surface area contributed by atoms with Crippen LogP contribution in [0, 0.1) is 13.8 Å². The van der Waals surface area contributed by atoms with Crippen molar-refractivity contribution in [3.05, 3.63) is 35.4 Å². The van der Waals surface area contributed by atoms with Crippen molar-refractivity contribution in [2.45, 2.75) is 26.8 Å². The van der Waals surface area contributed by atoms with Gasteiger partial charge in [-0.25, -0.2) is 4.98 Å². The third-order valence-electron chi connectivity index (χ3n) is 2.40. The smallest absolute Gasteiger partial charge is 0.130 e. The largest absolute Gasteiger partial charge is 0.322 e. The Labute approximate surface area is 83.6 Å². The van der Waals surface area contributed by atoms with E-state index < -0.39 is 0 Å². The second kappa shape index (κ2) is 3.10. The maximum absolute atomic E-state index is 5.86. The van der Waals surface area contributed by atoms with Crippen LogP contribution in [0.5, 0.6) is 0 Å². The van der Waals surface area contributed by atoms with Gasteiger partial charge in [0.25, 0.3) is 0 Å². The van der Waals surface area contributed by atoms with Crippen LogP contribution in [0.3, 0.4) is 0 Å². The molecular formula is C11H15N3. The molecule has 0 saturated carbocycles. The predicted octanol–water partition coefficient (Wildman–Crippen LogP) is 1.97. The van der Waals surface area contributed by atoms with Crippen molar-refractivity contribution in [2.24, 2.45) is 5.73 Å². The number of hydrogen-bond acceptors (Lipinski definition) is 2. The Balaban J connectivity index is 2.79. The van der Waals surface area contributed by atoms with Gasteiger partial charge in [0.15, 0.2) is 0 Å². The van der Waals surface area contributed by atoms with Gasteiger partial charge in [0, 0.05) is 6.20 Å². The SMILES string of the molecule is Cc1ccc2c(C)nc(C(C)N)n2c1. The molecule has 3 heteroatoms. The number of hydrogen-bond donors (Lipinski definition) is 1. The molecule has 14 heavy (non-hydrogen) atoms. The van der Waals surface area contributed by atoms with Gasteiger partial charge in [-0.05, 0) is 32.4 Å². The maximum Gasteiger partial charge on any atom is 0.130 e. The third-order valence-corrected chi connectivity index (χ3v) is 2.40. The number of imidazole rings is 1. The van der Waals surface area contributed by atoms with Crippen LogP contribution >= 0.6 is 0 Å². The zero-order valence-electron chi connectivity index (χ0n) is 8.78.